The van der Waals surface area contributed by atoms with Gasteiger partial charge in [0.1, 0.15) is 11.3 Å². The van der Waals surface area contributed by atoms with Crippen molar-refractivity contribution in [2.24, 2.45) is 5.92 Å². The minimum absolute atomic E-state index is 0.163. The van der Waals surface area contributed by atoms with E-state index in [1.54, 1.807) is 14.1 Å². The number of hydrogen-bond acceptors (Lipinski definition) is 5. The molecule has 9 nitrogen and oxygen atoms in total. The van der Waals surface area contributed by atoms with Crippen LogP contribution in [0.15, 0.2) is 0 Å². The van der Waals surface area contributed by atoms with Crippen molar-refractivity contribution in [3.63, 3.8) is 0 Å². The van der Waals surface area contributed by atoms with Gasteiger partial charge in [0.05, 0.1) is 31.9 Å². The number of hydrogen-bond donors (Lipinski definition) is 1. The van der Waals surface area contributed by atoms with Gasteiger partial charge in [-0.15, -0.1) is 5.10 Å². The van der Waals surface area contributed by atoms with E-state index in [4.69, 9.17) is 4.74 Å². The van der Waals surface area contributed by atoms with Crippen molar-refractivity contribution >= 4 is 11.9 Å². The van der Waals surface area contributed by atoms with Gasteiger partial charge in [0.2, 0.25) is 5.91 Å². The monoisotopic (exact) mass is 418 g/mol. The molecule has 1 N–H and O–H groups in total. The Hall–Kier alpha value is -2.16. The van der Waals surface area contributed by atoms with Crippen LogP contribution in [-0.2, 0) is 29.2 Å². The highest BCUT2D eigenvalue weighted by molar-refractivity contribution is 5.76. The molecule has 1 saturated heterocycles. The molecule has 1 aliphatic carbocycles. The van der Waals surface area contributed by atoms with Crippen LogP contribution in [0.5, 0.6) is 0 Å². The number of carbonyl (C=O) groups is 2. The standard InChI is InChI=1S/C21H34N6O3/c1-25(2)20(29)22-12-17-18-13-30-21(15-27(18)24-23-17)10-5-11-26(14-21)19(28)9-8-16-6-3-4-7-16/h16H,3-15H2,1-2H3,(H,22,29). The molecule has 9 heteroatoms. The zero-order valence-electron chi connectivity index (χ0n) is 18.2. The smallest absolute Gasteiger partial charge is 0.317 e. The normalized spacial score (nSPS) is 24.1. The Morgan fingerprint density at radius 2 is 2.03 bits per heavy atom. The van der Waals surface area contributed by atoms with Crippen LogP contribution in [-0.4, -0.2) is 69.5 Å². The molecule has 166 valence electrons. The second kappa shape index (κ2) is 8.91. The fraction of sp³-hybridized carbons (Fsp3) is 0.810. The van der Waals surface area contributed by atoms with Crippen LogP contribution in [0.1, 0.15) is 62.8 Å². The number of fused-ring (bicyclic) bond motifs is 1. The molecule has 1 aromatic heterocycles. The molecular weight excluding hydrogens is 384 g/mol. The highest BCUT2D eigenvalue weighted by atomic mass is 16.5. The van der Waals surface area contributed by atoms with E-state index < -0.39 is 0 Å². The number of ether oxygens (including phenoxy) is 1. The molecule has 0 radical (unpaired) electrons. The summed E-state index contributed by atoms with van der Waals surface area (Å²) in [6, 6.07) is -0.163. The molecule has 2 fully saturated rings. The number of aromatic nitrogens is 3. The van der Waals surface area contributed by atoms with Crippen molar-refractivity contribution in [3.8, 4) is 0 Å². The lowest BCUT2D eigenvalue weighted by Crippen LogP contribution is -2.55. The second-order valence-electron chi connectivity index (χ2n) is 9.27. The van der Waals surface area contributed by atoms with Crippen LogP contribution in [0.3, 0.4) is 0 Å². The first-order chi connectivity index (χ1) is 14.5. The first-order valence-corrected chi connectivity index (χ1v) is 11.2. The van der Waals surface area contributed by atoms with E-state index in [0.29, 0.717) is 32.7 Å². The number of nitrogens with one attached hydrogen (secondary N) is 1. The van der Waals surface area contributed by atoms with E-state index in [1.807, 2.05) is 9.58 Å². The summed E-state index contributed by atoms with van der Waals surface area (Å²) in [5, 5.41) is 11.4. The molecular formula is C21H34N6O3. The minimum atomic E-state index is -0.383. The Kier molecular flexibility index (Phi) is 6.26. The third kappa shape index (κ3) is 4.61. The van der Waals surface area contributed by atoms with Gasteiger partial charge in [0.15, 0.2) is 0 Å². The zero-order chi connectivity index (χ0) is 21.1. The maximum Gasteiger partial charge on any atom is 0.317 e. The number of piperidine rings is 1. The Morgan fingerprint density at radius 1 is 1.23 bits per heavy atom. The quantitative estimate of drug-likeness (QED) is 0.789. The molecule has 1 aromatic rings. The van der Waals surface area contributed by atoms with E-state index in [0.717, 1.165) is 43.1 Å². The molecule has 30 heavy (non-hydrogen) atoms. The average molecular weight is 419 g/mol. The molecule has 1 spiro atoms. The number of rotatable bonds is 5. The minimum Gasteiger partial charge on any atom is -0.365 e. The molecule has 0 bridgehead atoms. The summed E-state index contributed by atoms with van der Waals surface area (Å²) in [5.41, 5.74) is 1.26. The summed E-state index contributed by atoms with van der Waals surface area (Å²) in [6.07, 6.45) is 8.76. The maximum atomic E-state index is 12.8. The Bertz CT molecular complexity index is 773. The molecule has 2 aliphatic heterocycles. The topological polar surface area (TPSA) is 92.6 Å². The molecule has 3 aliphatic rings. The highest BCUT2D eigenvalue weighted by Crippen LogP contribution is 2.33. The fourth-order valence-corrected chi connectivity index (χ4v) is 4.99. The number of nitrogens with zero attached hydrogens (tertiary/aromatic N) is 5. The van der Waals surface area contributed by atoms with Crippen LogP contribution in [0.2, 0.25) is 0 Å². The molecule has 3 amide bonds. The Labute approximate surface area is 178 Å². The lowest BCUT2D eigenvalue weighted by Gasteiger charge is -2.44. The summed E-state index contributed by atoms with van der Waals surface area (Å²) in [7, 11) is 3.40. The lowest BCUT2D eigenvalue weighted by molar-refractivity contribution is -0.153. The number of likely N-dealkylation sites (tertiary alicyclic amines) is 1. The van der Waals surface area contributed by atoms with E-state index >= 15 is 0 Å². The first-order valence-electron chi connectivity index (χ1n) is 11.2. The molecule has 0 aromatic carbocycles. The predicted molar refractivity (Wildman–Crippen MR) is 110 cm³/mol. The van der Waals surface area contributed by atoms with Gasteiger partial charge in [0, 0.05) is 27.1 Å². The predicted octanol–water partition coefficient (Wildman–Crippen LogP) is 1.91. The van der Waals surface area contributed by atoms with Gasteiger partial charge in [-0.25, -0.2) is 9.48 Å². The number of amides is 3. The van der Waals surface area contributed by atoms with Crippen LogP contribution in [0, 0.1) is 5.92 Å². The maximum absolute atomic E-state index is 12.8. The summed E-state index contributed by atoms with van der Waals surface area (Å²) < 4.78 is 8.22. The third-order valence-electron chi connectivity index (χ3n) is 6.82. The molecule has 1 saturated carbocycles. The van der Waals surface area contributed by atoms with Crippen LogP contribution >= 0.6 is 0 Å². The van der Waals surface area contributed by atoms with Crippen LogP contribution in [0.4, 0.5) is 4.79 Å². The summed E-state index contributed by atoms with van der Waals surface area (Å²) in [5.74, 6) is 1.00. The van der Waals surface area contributed by atoms with Crippen molar-refractivity contribution in [1.29, 1.82) is 0 Å². The molecule has 3 heterocycles. The summed E-state index contributed by atoms with van der Waals surface area (Å²) in [4.78, 5) is 28.1. The second-order valence-corrected chi connectivity index (χ2v) is 9.27. The lowest BCUT2D eigenvalue weighted by atomic mass is 9.90. The van der Waals surface area contributed by atoms with Gasteiger partial charge < -0.3 is 19.9 Å². The number of urea groups is 1. The van der Waals surface area contributed by atoms with Gasteiger partial charge in [-0.1, -0.05) is 30.9 Å². The largest absolute Gasteiger partial charge is 0.365 e. The summed E-state index contributed by atoms with van der Waals surface area (Å²) >= 11 is 0. The van der Waals surface area contributed by atoms with Gasteiger partial charge in [0.25, 0.3) is 0 Å². The Morgan fingerprint density at radius 3 is 2.80 bits per heavy atom. The van der Waals surface area contributed by atoms with Crippen LogP contribution < -0.4 is 5.32 Å². The van der Waals surface area contributed by atoms with Crippen molar-refractivity contribution < 1.29 is 14.3 Å². The van der Waals surface area contributed by atoms with Crippen molar-refractivity contribution in [2.45, 2.75) is 76.7 Å². The SMILES string of the molecule is CN(C)C(=O)NCc1nnn2c1COC1(CCCN(C(=O)CCC3CCCC3)C1)C2. The zero-order valence-corrected chi connectivity index (χ0v) is 18.2. The fourth-order valence-electron chi connectivity index (χ4n) is 4.99. The molecule has 1 unspecified atom stereocenters. The van der Waals surface area contributed by atoms with E-state index in [2.05, 4.69) is 15.6 Å². The molecule has 4 rings (SSSR count). The average Bonchev–Trinajstić information content (AvgIpc) is 3.39. The highest BCUT2D eigenvalue weighted by Gasteiger charge is 2.42. The van der Waals surface area contributed by atoms with Crippen molar-refractivity contribution in [2.75, 3.05) is 27.2 Å². The Balaban J connectivity index is 1.34. The van der Waals surface area contributed by atoms with E-state index in [1.165, 1.54) is 30.6 Å². The van der Waals surface area contributed by atoms with Gasteiger partial charge in [-0.05, 0) is 25.2 Å². The summed E-state index contributed by atoms with van der Waals surface area (Å²) in [6.45, 7) is 2.78. The van der Waals surface area contributed by atoms with Gasteiger partial charge in [-0.2, -0.15) is 0 Å². The first kappa shape index (κ1) is 21.1. The van der Waals surface area contributed by atoms with Gasteiger partial charge in [-0.3, -0.25) is 4.79 Å². The van der Waals surface area contributed by atoms with Gasteiger partial charge >= 0.3 is 6.03 Å². The van der Waals surface area contributed by atoms with E-state index in [9.17, 15) is 9.59 Å². The van der Waals surface area contributed by atoms with Crippen LogP contribution in [0.25, 0.3) is 0 Å². The van der Waals surface area contributed by atoms with Crippen molar-refractivity contribution in [3.05, 3.63) is 11.4 Å². The van der Waals surface area contributed by atoms with E-state index in [-0.39, 0.29) is 17.5 Å². The molecule has 1 atom stereocenters. The third-order valence-corrected chi connectivity index (χ3v) is 6.82. The number of carbonyl (C=O) groups excluding carboxylic acids is 2. The van der Waals surface area contributed by atoms with Crippen molar-refractivity contribution in [1.82, 2.24) is 30.1 Å².